The van der Waals surface area contributed by atoms with E-state index in [9.17, 15) is 14.0 Å². The molecule has 0 aliphatic heterocycles. The maximum atomic E-state index is 12.9. The quantitative estimate of drug-likeness (QED) is 0.510. The lowest BCUT2D eigenvalue weighted by molar-refractivity contribution is -0.123. The molecule has 0 aromatic heterocycles. The third kappa shape index (κ3) is 6.31. The van der Waals surface area contributed by atoms with E-state index in [-0.39, 0.29) is 17.3 Å². The van der Waals surface area contributed by atoms with E-state index in [4.69, 9.17) is 17.0 Å². The average molecular weight is 403 g/mol. The number of halogens is 1. The summed E-state index contributed by atoms with van der Waals surface area (Å²) in [5, 5.41) is 2.29. The molecule has 1 unspecified atom stereocenters. The molecule has 8 heteroatoms. The lowest BCUT2D eigenvalue weighted by Crippen LogP contribution is -2.49. The van der Waals surface area contributed by atoms with Crippen LogP contribution < -0.4 is 20.9 Å². The van der Waals surface area contributed by atoms with Gasteiger partial charge in [-0.15, -0.1) is 0 Å². The second kappa shape index (κ2) is 10.4. The van der Waals surface area contributed by atoms with Crippen LogP contribution in [-0.2, 0) is 4.79 Å². The summed E-state index contributed by atoms with van der Waals surface area (Å²) < 4.78 is 18.5. The van der Waals surface area contributed by atoms with E-state index in [1.54, 1.807) is 0 Å². The Hall–Kier alpha value is -3.00. The zero-order valence-corrected chi connectivity index (χ0v) is 16.4. The van der Waals surface area contributed by atoms with Crippen LogP contribution in [-0.4, -0.2) is 23.5 Å². The van der Waals surface area contributed by atoms with Gasteiger partial charge in [0, 0.05) is 5.56 Å². The molecule has 0 bridgehead atoms. The second-order valence-corrected chi connectivity index (χ2v) is 6.51. The second-order valence-electron chi connectivity index (χ2n) is 6.10. The normalized spacial score (nSPS) is 11.2. The predicted octanol–water partition coefficient (Wildman–Crippen LogP) is 3.05. The first-order valence-corrected chi connectivity index (χ1v) is 9.19. The van der Waals surface area contributed by atoms with Crippen molar-refractivity contribution in [2.75, 3.05) is 6.61 Å². The van der Waals surface area contributed by atoms with Gasteiger partial charge in [0.15, 0.2) is 11.7 Å². The van der Waals surface area contributed by atoms with Crippen LogP contribution in [0.2, 0.25) is 0 Å². The molecular weight excluding hydrogens is 381 g/mol. The van der Waals surface area contributed by atoms with E-state index in [0.717, 1.165) is 12.0 Å². The van der Waals surface area contributed by atoms with E-state index in [1.165, 1.54) is 24.3 Å². The molecule has 2 amide bonds. The number of rotatable bonds is 6. The number of hydrogen-bond donors (Lipinski definition) is 3. The summed E-state index contributed by atoms with van der Waals surface area (Å²) in [5.41, 5.74) is 6.05. The smallest absolute Gasteiger partial charge is 0.276 e. The third-order valence-corrected chi connectivity index (χ3v) is 4.27. The summed E-state index contributed by atoms with van der Waals surface area (Å²) in [4.78, 5) is 23.9. The minimum Gasteiger partial charge on any atom is -0.483 e. The fraction of sp³-hybridized carbons (Fsp3) is 0.250. The van der Waals surface area contributed by atoms with Gasteiger partial charge in [-0.3, -0.25) is 25.8 Å². The van der Waals surface area contributed by atoms with Crippen molar-refractivity contribution in [2.24, 2.45) is 0 Å². The summed E-state index contributed by atoms with van der Waals surface area (Å²) in [6.07, 6.45) is 0.955. The van der Waals surface area contributed by atoms with E-state index in [1.807, 2.05) is 24.3 Å². The number of nitrogens with one attached hydrogen (secondary N) is 3. The summed E-state index contributed by atoms with van der Waals surface area (Å²) in [7, 11) is 0. The van der Waals surface area contributed by atoms with Gasteiger partial charge in [0.25, 0.3) is 11.8 Å². The number of hydrogen-bond acceptors (Lipinski definition) is 4. The Morgan fingerprint density at radius 3 is 2.46 bits per heavy atom. The van der Waals surface area contributed by atoms with Crippen molar-refractivity contribution in [2.45, 2.75) is 26.2 Å². The number of ether oxygens (including phenoxy) is 1. The van der Waals surface area contributed by atoms with Crippen molar-refractivity contribution < 1.29 is 18.7 Å². The van der Waals surface area contributed by atoms with Gasteiger partial charge in [0.2, 0.25) is 0 Å². The van der Waals surface area contributed by atoms with Crippen LogP contribution in [0.3, 0.4) is 0 Å². The van der Waals surface area contributed by atoms with E-state index < -0.39 is 17.6 Å². The largest absolute Gasteiger partial charge is 0.483 e. The van der Waals surface area contributed by atoms with Gasteiger partial charge >= 0.3 is 0 Å². The van der Waals surface area contributed by atoms with Gasteiger partial charge < -0.3 is 4.74 Å². The Morgan fingerprint density at radius 2 is 1.79 bits per heavy atom. The zero-order chi connectivity index (χ0) is 20.5. The lowest BCUT2D eigenvalue weighted by atomic mass is 9.98. The Morgan fingerprint density at radius 1 is 1.11 bits per heavy atom. The van der Waals surface area contributed by atoms with Gasteiger partial charge in [0.05, 0.1) is 0 Å². The fourth-order valence-corrected chi connectivity index (χ4v) is 2.50. The molecule has 1 atom stereocenters. The molecule has 0 saturated heterocycles. The summed E-state index contributed by atoms with van der Waals surface area (Å²) >= 11 is 4.95. The zero-order valence-electron chi connectivity index (χ0n) is 15.6. The Bertz CT molecular complexity index is 843. The number of carbonyl (C=O) groups is 2. The number of hydrazine groups is 1. The molecule has 0 heterocycles. The highest BCUT2D eigenvalue weighted by atomic mass is 32.1. The first-order valence-electron chi connectivity index (χ1n) is 8.78. The molecule has 0 aliphatic rings. The summed E-state index contributed by atoms with van der Waals surface area (Å²) in [6.45, 7) is 3.96. The fourth-order valence-electron chi connectivity index (χ4n) is 2.35. The number of amides is 2. The number of benzene rings is 2. The number of thiocarbonyl (C=S) groups is 1. The first kappa shape index (κ1) is 21.3. The average Bonchev–Trinajstić information content (AvgIpc) is 2.70. The Balaban J connectivity index is 1.79. The molecule has 28 heavy (non-hydrogen) atoms. The van der Waals surface area contributed by atoms with E-state index in [2.05, 4.69) is 30.0 Å². The van der Waals surface area contributed by atoms with Crippen LogP contribution in [0.4, 0.5) is 4.39 Å². The molecule has 0 fully saturated rings. The number of para-hydroxylation sites is 1. The van der Waals surface area contributed by atoms with Crippen molar-refractivity contribution in [1.82, 2.24) is 16.2 Å². The van der Waals surface area contributed by atoms with Gasteiger partial charge in [-0.25, -0.2) is 4.39 Å². The molecule has 0 aliphatic carbocycles. The van der Waals surface area contributed by atoms with Gasteiger partial charge in [-0.2, -0.15) is 0 Å². The first-order chi connectivity index (χ1) is 13.4. The minimum atomic E-state index is -0.523. The van der Waals surface area contributed by atoms with E-state index >= 15 is 0 Å². The molecule has 148 valence electrons. The van der Waals surface area contributed by atoms with Crippen LogP contribution in [0.15, 0.2) is 48.5 Å². The van der Waals surface area contributed by atoms with Crippen molar-refractivity contribution in [3.05, 3.63) is 65.5 Å². The highest BCUT2D eigenvalue weighted by Crippen LogP contribution is 2.28. The molecular formula is C20H22FN3O3S. The molecule has 2 aromatic rings. The van der Waals surface area contributed by atoms with Crippen LogP contribution in [0, 0.1) is 5.82 Å². The Labute approximate surface area is 168 Å². The van der Waals surface area contributed by atoms with Crippen molar-refractivity contribution in [1.29, 1.82) is 0 Å². The van der Waals surface area contributed by atoms with Crippen LogP contribution in [0.25, 0.3) is 0 Å². The minimum absolute atomic E-state index is 0.0947. The third-order valence-electron chi connectivity index (χ3n) is 4.07. The van der Waals surface area contributed by atoms with Crippen LogP contribution >= 0.6 is 12.2 Å². The summed E-state index contributed by atoms with van der Waals surface area (Å²) in [5.74, 6) is -0.465. The van der Waals surface area contributed by atoms with Crippen molar-refractivity contribution in [3.8, 4) is 5.75 Å². The lowest BCUT2D eigenvalue weighted by Gasteiger charge is -2.16. The van der Waals surface area contributed by atoms with Crippen LogP contribution in [0.1, 0.15) is 42.1 Å². The maximum absolute atomic E-state index is 12.9. The van der Waals surface area contributed by atoms with Crippen LogP contribution in [0.5, 0.6) is 5.75 Å². The highest BCUT2D eigenvalue weighted by Gasteiger charge is 2.12. The molecule has 0 spiro atoms. The Kier molecular flexibility index (Phi) is 7.88. The summed E-state index contributed by atoms with van der Waals surface area (Å²) in [6, 6.07) is 12.6. The van der Waals surface area contributed by atoms with Gasteiger partial charge in [-0.1, -0.05) is 32.0 Å². The molecule has 2 aromatic carbocycles. The molecule has 2 rings (SSSR count). The van der Waals surface area contributed by atoms with Gasteiger partial charge in [-0.05, 0) is 60.5 Å². The maximum Gasteiger partial charge on any atom is 0.276 e. The molecule has 0 saturated carbocycles. The van der Waals surface area contributed by atoms with Crippen molar-refractivity contribution in [3.63, 3.8) is 0 Å². The molecule has 6 nitrogen and oxygen atoms in total. The van der Waals surface area contributed by atoms with Gasteiger partial charge in [0.1, 0.15) is 11.6 Å². The monoisotopic (exact) mass is 403 g/mol. The molecule has 0 radical (unpaired) electrons. The SMILES string of the molecule is CCC(C)c1ccccc1OCC(=O)NNC(=S)NC(=O)c1ccc(F)cc1. The van der Waals surface area contributed by atoms with E-state index in [0.29, 0.717) is 11.7 Å². The number of carbonyl (C=O) groups excluding carboxylic acids is 2. The van der Waals surface area contributed by atoms with Crippen molar-refractivity contribution >= 4 is 29.1 Å². The highest BCUT2D eigenvalue weighted by molar-refractivity contribution is 7.80. The predicted molar refractivity (Wildman–Crippen MR) is 108 cm³/mol. The standard InChI is InChI=1S/C20H22FN3O3S/c1-3-13(2)16-6-4-5-7-17(16)27-12-18(25)23-24-20(28)22-19(26)14-8-10-15(21)11-9-14/h4-11,13H,3,12H2,1-2H3,(H,23,25)(H2,22,24,26,28). The molecule has 3 N–H and O–H groups in total. The topological polar surface area (TPSA) is 79.5 Å².